The molecule has 0 heterocycles. The average molecular weight is 539 g/mol. The van der Waals surface area contributed by atoms with Crippen LogP contribution in [0.2, 0.25) is 0 Å². The van der Waals surface area contributed by atoms with Gasteiger partial charge in [-0.2, -0.15) is 37.9 Å². The van der Waals surface area contributed by atoms with Crippen molar-refractivity contribution in [2.24, 2.45) is 0 Å². The minimum absolute atomic E-state index is 0.840. The molecule has 0 aromatic rings. The van der Waals surface area contributed by atoms with Crippen molar-refractivity contribution < 1.29 is 59.7 Å². The van der Waals surface area contributed by atoms with Gasteiger partial charge in [-0.1, -0.05) is 0 Å². The number of hydrogen-bond donors (Lipinski definition) is 11. The lowest BCUT2D eigenvalue weighted by Crippen LogP contribution is -2.75. The van der Waals surface area contributed by atoms with Crippen molar-refractivity contribution in [3.8, 4) is 0 Å². The third kappa shape index (κ3) is 7.58. The lowest BCUT2D eigenvalue weighted by molar-refractivity contribution is -0.238. The highest BCUT2D eigenvalue weighted by Gasteiger charge is 2.66. The summed E-state index contributed by atoms with van der Waals surface area (Å²) in [5, 5.41) is 63.2. The summed E-state index contributed by atoms with van der Waals surface area (Å²) in [5.41, 5.74) is -7.34. The second-order valence-electron chi connectivity index (χ2n) is 6.83. The van der Waals surface area contributed by atoms with Gasteiger partial charge in [0.25, 0.3) is 0 Å². The monoisotopic (exact) mass is 538 g/mol. The SMILES string of the molecule is O=C(O)CC(S)OC(C(S)CC(=O)O)(C(S)CC(=O)O)[C@@](O)(C(S)CC(=O)O)[C@H](O)CO. The van der Waals surface area contributed by atoms with E-state index in [1.165, 1.54) is 0 Å². The molecule has 0 bridgehead atoms. The van der Waals surface area contributed by atoms with E-state index >= 15 is 0 Å². The molecule has 0 amide bonds. The standard InChI is InChI=1S/C16H26O12S4/c17-5-6(18)15(27,7(29)1-10(19)20)16(8(30)2-11(21)22,9(31)3-12(23)24)28-14(32)4-13(25)26/h6-9,14,17-18,27,29-32H,1-5H2,(H,19,20)(H,21,22)(H,23,24)(H,25,26)/t6-,7?,8?,9?,14?,15+,16?/m1/s1. The molecule has 12 nitrogen and oxygen atoms in total. The second-order valence-corrected chi connectivity index (χ2v) is 9.27. The molecule has 0 aromatic carbocycles. The number of ether oxygens (including phenoxy) is 1. The van der Waals surface area contributed by atoms with Crippen molar-refractivity contribution in [3.63, 3.8) is 0 Å². The quantitative estimate of drug-likeness (QED) is 0.0831. The van der Waals surface area contributed by atoms with E-state index in [4.69, 9.17) is 9.84 Å². The zero-order chi connectivity index (χ0) is 25.4. The molecule has 0 aliphatic carbocycles. The van der Waals surface area contributed by atoms with E-state index in [1.54, 1.807) is 0 Å². The van der Waals surface area contributed by atoms with Crippen LogP contribution in [0, 0.1) is 0 Å². The molecule has 6 atom stereocenters. The van der Waals surface area contributed by atoms with Crippen molar-refractivity contribution in [1.29, 1.82) is 0 Å². The molecule has 4 unspecified atom stereocenters. The maximum Gasteiger partial charge on any atom is 0.306 e. The lowest BCUT2D eigenvalue weighted by Gasteiger charge is -2.56. The van der Waals surface area contributed by atoms with Gasteiger partial charge >= 0.3 is 23.9 Å². The van der Waals surface area contributed by atoms with Gasteiger partial charge < -0.3 is 40.5 Å². The Balaban J connectivity index is 7.16. The molecule has 16 heteroatoms. The fraction of sp³-hybridized carbons (Fsp3) is 0.750. The number of aliphatic hydroxyl groups is 3. The van der Waals surface area contributed by atoms with Crippen LogP contribution in [-0.4, -0.2) is 105 Å². The summed E-state index contributed by atoms with van der Waals surface area (Å²) in [4.78, 5) is 45.2. The van der Waals surface area contributed by atoms with Crippen LogP contribution >= 0.6 is 50.5 Å². The molecule has 32 heavy (non-hydrogen) atoms. The maximum absolute atomic E-state index is 11.6. The van der Waals surface area contributed by atoms with Crippen LogP contribution in [0.4, 0.5) is 0 Å². The number of aliphatic carboxylic acids is 4. The molecule has 0 saturated heterocycles. The van der Waals surface area contributed by atoms with Crippen molar-refractivity contribution in [2.45, 2.75) is 64.2 Å². The molecular weight excluding hydrogens is 512 g/mol. The summed E-state index contributed by atoms with van der Waals surface area (Å²) in [6.45, 7) is -1.23. The predicted octanol–water partition coefficient (Wildman–Crippen LogP) is -1.12. The van der Waals surface area contributed by atoms with Gasteiger partial charge in [0, 0.05) is 15.7 Å². The van der Waals surface area contributed by atoms with E-state index in [2.05, 4.69) is 50.5 Å². The average Bonchev–Trinajstić information content (AvgIpc) is 2.61. The molecule has 0 spiro atoms. The van der Waals surface area contributed by atoms with E-state index in [-0.39, 0.29) is 0 Å². The Hall–Kier alpha value is -0.880. The van der Waals surface area contributed by atoms with E-state index < -0.39 is 94.7 Å². The lowest BCUT2D eigenvalue weighted by atomic mass is 9.69. The number of hydrogen-bond acceptors (Lipinski definition) is 12. The van der Waals surface area contributed by atoms with Gasteiger partial charge in [-0.3, -0.25) is 19.2 Å². The fourth-order valence-electron chi connectivity index (χ4n) is 3.26. The summed E-state index contributed by atoms with van der Waals surface area (Å²) >= 11 is 16.2. The summed E-state index contributed by atoms with van der Waals surface area (Å²) in [6.07, 6.45) is -5.98. The number of carboxylic acids is 4. The molecular formula is C16H26O12S4. The zero-order valence-corrected chi connectivity index (χ0v) is 20.0. The van der Waals surface area contributed by atoms with Gasteiger partial charge in [0.15, 0.2) is 0 Å². The Bertz CT molecular complexity index is 670. The highest BCUT2D eigenvalue weighted by Crippen LogP contribution is 2.48. The van der Waals surface area contributed by atoms with Crippen LogP contribution in [0.3, 0.4) is 0 Å². The van der Waals surface area contributed by atoms with Gasteiger partial charge in [-0.15, -0.1) is 12.6 Å². The van der Waals surface area contributed by atoms with Crippen molar-refractivity contribution in [2.75, 3.05) is 6.61 Å². The third-order valence-electron chi connectivity index (χ3n) is 4.59. The van der Waals surface area contributed by atoms with Crippen LogP contribution in [0.5, 0.6) is 0 Å². The zero-order valence-electron chi connectivity index (χ0n) is 16.4. The smallest absolute Gasteiger partial charge is 0.306 e. The molecule has 0 fully saturated rings. The largest absolute Gasteiger partial charge is 0.481 e. The summed E-state index contributed by atoms with van der Waals surface area (Å²) in [5.74, 6) is -6.01. The number of carboxylic acid groups (broad SMARTS) is 4. The Morgan fingerprint density at radius 1 is 0.719 bits per heavy atom. The molecule has 0 saturated carbocycles. The molecule has 0 aliphatic rings. The van der Waals surface area contributed by atoms with Crippen LogP contribution in [0.25, 0.3) is 0 Å². The number of thiol groups is 4. The Labute approximate surface area is 204 Å². The van der Waals surface area contributed by atoms with E-state index in [0.717, 1.165) is 0 Å². The van der Waals surface area contributed by atoms with Crippen molar-refractivity contribution in [1.82, 2.24) is 0 Å². The first-order chi connectivity index (χ1) is 14.6. The first-order valence-electron chi connectivity index (χ1n) is 8.84. The predicted molar refractivity (Wildman–Crippen MR) is 122 cm³/mol. The molecule has 0 rings (SSSR count). The van der Waals surface area contributed by atoms with Gasteiger partial charge in [-0.25, -0.2) is 0 Å². The van der Waals surface area contributed by atoms with Gasteiger partial charge in [0.05, 0.1) is 32.3 Å². The highest BCUT2D eigenvalue weighted by molar-refractivity contribution is 7.82. The minimum Gasteiger partial charge on any atom is -0.481 e. The van der Waals surface area contributed by atoms with Crippen molar-refractivity contribution >= 4 is 74.4 Å². The maximum atomic E-state index is 11.6. The molecule has 7 N–H and O–H groups in total. The van der Waals surface area contributed by atoms with Gasteiger partial charge in [0.2, 0.25) is 0 Å². The minimum atomic E-state index is -3.01. The topological polar surface area (TPSA) is 219 Å². The van der Waals surface area contributed by atoms with Crippen LogP contribution in [0.15, 0.2) is 0 Å². The number of rotatable bonds is 16. The van der Waals surface area contributed by atoms with Crippen LogP contribution in [0.1, 0.15) is 25.7 Å². The summed E-state index contributed by atoms with van der Waals surface area (Å²) in [7, 11) is 0. The number of aliphatic hydroxyl groups excluding tert-OH is 2. The number of carbonyl (C=O) groups is 4. The molecule has 0 radical (unpaired) electrons. The second kappa shape index (κ2) is 13.1. The van der Waals surface area contributed by atoms with Gasteiger partial charge in [0.1, 0.15) is 22.7 Å². The Kier molecular flexibility index (Phi) is 12.8. The van der Waals surface area contributed by atoms with Crippen molar-refractivity contribution in [3.05, 3.63) is 0 Å². The molecule has 0 aromatic heterocycles. The highest BCUT2D eigenvalue weighted by atomic mass is 32.1. The van der Waals surface area contributed by atoms with E-state index in [9.17, 15) is 49.8 Å². The van der Waals surface area contributed by atoms with Gasteiger partial charge in [-0.05, 0) is 0 Å². The van der Waals surface area contributed by atoms with Crippen LogP contribution in [-0.2, 0) is 23.9 Å². The molecule has 186 valence electrons. The first-order valence-corrected chi connectivity index (χ1v) is 10.9. The third-order valence-corrected chi connectivity index (χ3v) is 6.59. The Morgan fingerprint density at radius 2 is 1.06 bits per heavy atom. The summed E-state index contributed by atoms with van der Waals surface area (Å²) in [6, 6.07) is 0. The van der Waals surface area contributed by atoms with E-state index in [1.807, 2.05) is 0 Å². The Morgan fingerprint density at radius 3 is 1.38 bits per heavy atom. The van der Waals surface area contributed by atoms with Crippen LogP contribution < -0.4 is 0 Å². The fourth-order valence-corrected chi connectivity index (χ4v) is 5.45. The first kappa shape index (κ1) is 31.1. The summed E-state index contributed by atoms with van der Waals surface area (Å²) < 4.78 is 5.61. The van der Waals surface area contributed by atoms with E-state index in [0.29, 0.717) is 0 Å². The molecule has 0 aliphatic heterocycles. The normalized spacial score (nSPS) is 20.1.